The van der Waals surface area contributed by atoms with Gasteiger partial charge in [0.25, 0.3) is 0 Å². The van der Waals surface area contributed by atoms with Crippen LogP contribution in [0.2, 0.25) is 0 Å². The summed E-state index contributed by atoms with van der Waals surface area (Å²) in [4.78, 5) is 13.8. The molecule has 0 aromatic heterocycles. The van der Waals surface area contributed by atoms with Crippen molar-refractivity contribution < 1.29 is 9.53 Å². The van der Waals surface area contributed by atoms with E-state index >= 15 is 0 Å². The molecule has 1 heterocycles. The van der Waals surface area contributed by atoms with E-state index in [2.05, 4.69) is 18.7 Å². The lowest BCUT2D eigenvalue weighted by Gasteiger charge is -2.35. The number of carbonyl (C=O) groups is 1. The van der Waals surface area contributed by atoms with Gasteiger partial charge in [-0.1, -0.05) is 13.3 Å². The normalized spacial score (nSPS) is 20.7. The van der Waals surface area contributed by atoms with Gasteiger partial charge in [-0.25, -0.2) is 0 Å². The molecule has 0 aliphatic carbocycles. The van der Waals surface area contributed by atoms with Crippen molar-refractivity contribution in [3.63, 3.8) is 0 Å². The molecule has 3 heteroatoms. The number of carbonyl (C=O) groups excluding carboxylic acids is 1. The van der Waals surface area contributed by atoms with Crippen molar-refractivity contribution in [2.75, 3.05) is 19.7 Å². The van der Waals surface area contributed by atoms with Crippen molar-refractivity contribution in [2.24, 2.45) is 5.92 Å². The fourth-order valence-corrected chi connectivity index (χ4v) is 2.39. The van der Waals surface area contributed by atoms with Gasteiger partial charge in [-0.2, -0.15) is 0 Å². The summed E-state index contributed by atoms with van der Waals surface area (Å²) in [6.45, 7) is 9.02. The van der Waals surface area contributed by atoms with Crippen LogP contribution in [0, 0.1) is 5.92 Å². The third-order valence-electron chi connectivity index (χ3n) is 3.62. The molecule has 3 nitrogen and oxygen atoms in total. The van der Waals surface area contributed by atoms with Crippen molar-refractivity contribution in [3.05, 3.63) is 0 Å². The second-order valence-electron chi connectivity index (χ2n) is 4.75. The number of nitrogens with zero attached hydrogens (tertiary/aromatic N) is 1. The van der Waals surface area contributed by atoms with E-state index in [9.17, 15) is 4.79 Å². The van der Waals surface area contributed by atoms with Crippen LogP contribution in [-0.2, 0) is 9.53 Å². The first-order valence-corrected chi connectivity index (χ1v) is 6.57. The van der Waals surface area contributed by atoms with Gasteiger partial charge in [-0.3, -0.25) is 4.79 Å². The topological polar surface area (TPSA) is 29.5 Å². The van der Waals surface area contributed by atoms with E-state index in [4.69, 9.17) is 4.74 Å². The first kappa shape index (κ1) is 13.5. The molecule has 1 unspecified atom stereocenters. The Balaban J connectivity index is 2.27. The van der Waals surface area contributed by atoms with Crippen LogP contribution in [0.25, 0.3) is 0 Å². The molecular formula is C13H25NO2. The molecule has 1 rings (SSSR count). The van der Waals surface area contributed by atoms with Gasteiger partial charge in [0, 0.05) is 6.04 Å². The van der Waals surface area contributed by atoms with Crippen LogP contribution in [0.3, 0.4) is 0 Å². The van der Waals surface area contributed by atoms with Gasteiger partial charge >= 0.3 is 5.97 Å². The Morgan fingerprint density at radius 1 is 1.38 bits per heavy atom. The van der Waals surface area contributed by atoms with Crippen LogP contribution in [0.5, 0.6) is 0 Å². The van der Waals surface area contributed by atoms with Crippen LogP contribution in [0.4, 0.5) is 0 Å². The minimum atomic E-state index is -0.0624. The number of ether oxygens (including phenoxy) is 1. The highest BCUT2D eigenvalue weighted by Gasteiger charge is 2.23. The van der Waals surface area contributed by atoms with Crippen LogP contribution >= 0.6 is 0 Å². The zero-order valence-corrected chi connectivity index (χ0v) is 10.9. The van der Waals surface area contributed by atoms with E-state index in [-0.39, 0.29) is 5.97 Å². The van der Waals surface area contributed by atoms with E-state index in [1.54, 1.807) is 0 Å². The summed E-state index contributed by atoms with van der Waals surface area (Å²) in [5.41, 5.74) is 0. The summed E-state index contributed by atoms with van der Waals surface area (Å²) in [5, 5.41) is 0. The highest BCUT2D eigenvalue weighted by molar-refractivity contribution is 5.70. The monoisotopic (exact) mass is 227 g/mol. The summed E-state index contributed by atoms with van der Waals surface area (Å²) in [5.74, 6) is 0.832. The SMILES string of the molecule is CCOC(=O)CC(C)N1CCC(CC)CC1. The number of rotatable bonds is 5. The minimum Gasteiger partial charge on any atom is -0.466 e. The molecule has 1 saturated heterocycles. The van der Waals surface area contributed by atoms with Gasteiger partial charge < -0.3 is 9.64 Å². The third-order valence-corrected chi connectivity index (χ3v) is 3.62. The average Bonchev–Trinajstić information content (AvgIpc) is 2.29. The largest absolute Gasteiger partial charge is 0.466 e. The van der Waals surface area contributed by atoms with E-state index in [0.29, 0.717) is 19.1 Å². The standard InChI is InChI=1S/C13H25NO2/c1-4-12-6-8-14(9-7-12)11(3)10-13(15)16-5-2/h11-12H,4-10H2,1-3H3. The van der Waals surface area contributed by atoms with Crippen molar-refractivity contribution in [2.45, 2.75) is 52.5 Å². The second kappa shape index (κ2) is 6.89. The molecule has 0 bridgehead atoms. The lowest BCUT2D eigenvalue weighted by Crippen LogP contribution is -2.41. The molecule has 0 aromatic rings. The number of likely N-dealkylation sites (tertiary alicyclic amines) is 1. The Labute approximate surface area is 99.1 Å². The first-order chi connectivity index (χ1) is 7.67. The smallest absolute Gasteiger partial charge is 0.307 e. The molecule has 0 aromatic carbocycles. The number of hydrogen-bond donors (Lipinski definition) is 0. The van der Waals surface area contributed by atoms with Crippen molar-refractivity contribution in [3.8, 4) is 0 Å². The molecule has 0 N–H and O–H groups in total. The van der Waals surface area contributed by atoms with Crippen LogP contribution in [-0.4, -0.2) is 36.6 Å². The van der Waals surface area contributed by atoms with E-state index in [0.717, 1.165) is 19.0 Å². The maximum atomic E-state index is 11.4. The number of esters is 1. The van der Waals surface area contributed by atoms with Gasteiger partial charge in [0.1, 0.15) is 0 Å². The Morgan fingerprint density at radius 2 is 2.00 bits per heavy atom. The van der Waals surface area contributed by atoms with Gasteiger partial charge in [-0.15, -0.1) is 0 Å². The maximum Gasteiger partial charge on any atom is 0.307 e. The van der Waals surface area contributed by atoms with E-state index in [1.165, 1.54) is 19.3 Å². The maximum absolute atomic E-state index is 11.4. The highest BCUT2D eigenvalue weighted by atomic mass is 16.5. The fraction of sp³-hybridized carbons (Fsp3) is 0.923. The second-order valence-corrected chi connectivity index (χ2v) is 4.75. The third kappa shape index (κ3) is 4.12. The Hall–Kier alpha value is -0.570. The molecule has 0 amide bonds. The zero-order valence-electron chi connectivity index (χ0n) is 10.9. The Kier molecular flexibility index (Phi) is 5.81. The first-order valence-electron chi connectivity index (χ1n) is 6.57. The van der Waals surface area contributed by atoms with Gasteiger partial charge in [-0.05, 0) is 45.7 Å². The van der Waals surface area contributed by atoms with Gasteiger partial charge in [0.15, 0.2) is 0 Å². The minimum absolute atomic E-state index is 0.0624. The lowest BCUT2D eigenvalue weighted by molar-refractivity contribution is -0.144. The predicted octanol–water partition coefficient (Wildman–Crippen LogP) is 2.45. The predicted molar refractivity (Wildman–Crippen MR) is 65.3 cm³/mol. The van der Waals surface area contributed by atoms with E-state index < -0.39 is 0 Å². The number of piperidine rings is 1. The summed E-state index contributed by atoms with van der Waals surface area (Å²) >= 11 is 0. The molecule has 1 atom stereocenters. The summed E-state index contributed by atoms with van der Waals surface area (Å²) in [6.07, 6.45) is 4.39. The van der Waals surface area contributed by atoms with Crippen LogP contribution in [0.1, 0.15) is 46.5 Å². The summed E-state index contributed by atoms with van der Waals surface area (Å²) in [6, 6.07) is 0.330. The number of hydrogen-bond acceptors (Lipinski definition) is 3. The van der Waals surface area contributed by atoms with Crippen molar-refractivity contribution in [1.29, 1.82) is 0 Å². The molecule has 16 heavy (non-hydrogen) atoms. The molecule has 0 saturated carbocycles. The quantitative estimate of drug-likeness (QED) is 0.676. The molecule has 1 fully saturated rings. The van der Waals surface area contributed by atoms with Crippen LogP contribution < -0.4 is 0 Å². The van der Waals surface area contributed by atoms with Gasteiger partial charge in [0.2, 0.25) is 0 Å². The molecular weight excluding hydrogens is 202 g/mol. The Morgan fingerprint density at radius 3 is 2.50 bits per heavy atom. The summed E-state index contributed by atoms with van der Waals surface area (Å²) < 4.78 is 4.98. The highest BCUT2D eigenvalue weighted by Crippen LogP contribution is 2.22. The average molecular weight is 227 g/mol. The molecule has 94 valence electrons. The lowest BCUT2D eigenvalue weighted by atomic mass is 9.93. The van der Waals surface area contributed by atoms with Crippen molar-refractivity contribution >= 4 is 5.97 Å². The Bertz CT molecular complexity index is 210. The molecule has 0 spiro atoms. The van der Waals surface area contributed by atoms with Gasteiger partial charge in [0.05, 0.1) is 13.0 Å². The zero-order chi connectivity index (χ0) is 12.0. The summed E-state index contributed by atoms with van der Waals surface area (Å²) in [7, 11) is 0. The van der Waals surface area contributed by atoms with Crippen molar-refractivity contribution in [1.82, 2.24) is 4.90 Å². The van der Waals surface area contributed by atoms with E-state index in [1.807, 2.05) is 6.92 Å². The molecule has 1 aliphatic rings. The van der Waals surface area contributed by atoms with Crippen LogP contribution in [0.15, 0.2) is 0 Å². The molecule has 0 radical (unpaired) electrons. The fourth-order valence-electron chi connectivity index (χ4n) is 2.39. The molecule has 1 aliphatic heterocycles.